The highest BCUT2D eigenvalue weighted by molar-refractivity contribution is 7.15. The van der Waals surface area contributed by atoms with Crippen molar-refractivity contribution in [2.75, 3.05) is 25.5 Å². The van der Waals surface area contributed by atoms with E-state index in [4.69, 9.17) is 4.74 Å². The van der Waals surface area contributed by atoms with Gasteiger partial charge in [0.05, 0.1) is 16.9 Å². The largest absolute Gasteiger partial charge is 0.497 e. The third-order valence-electron chi connectivity index (χ3n) is 4.33. The van der Waals surface area contributed by atoms with Crippen LogP contribution in [0.15, 0.2) is 36.4 Å². The van der Waals surface area contributed by atoms with Gasteiger partial charge in [0, 0.05) is 24.8 Å². The number of carbonyl (C=O) groups is 2. The van der Waals surface area contributed by atoms with Crippen LogP contribution in [0.5, 0.6) is 5.75 Å². The van der Waals surface area contributed by atoms with Gasteiger partial charge >= 0.3 is 0 Å². The number of likely N-dealkylation sites (tertiary alicyclic amines) is 1. The first-order chi connectivity index (χ1) is 12.1. The van der Waals surface area contributed by atoms with E-state index < -0.39 is 0 Å². The van der Waals surface area contributed by atoms with Crippen LogP contribution in [0.25, 0.3) is 0 Å². The smallest absolute Gasteiger partial charge is 0.264 e. The van der Waals surface area contributed by atoms with Gasteiger partial charge in [-0.05, 0) is 56.2 Å². The number of ketones is 1. The molecule has 0 spiro atoms. The zero-order chi connectivity index (χ0) is 17.8. The molecule has 1 saturated heterocycles. The minimum absolute atomic E-state index is 0.00161. The number of nitrogens with zero attached hydrogens (tertiary/aromatic N) is 1. The number of hydrogen-bond acceptors (Lipinski definition) is 5. The molecule has 1 aliphatic heterocycles. The zero-order valence-electron chi connectivity index (χ0n) is 14.5. The van der Waals surface area contributed by atoms with Gasteiger partial charge in [0.25, 0.3) is 5.91 Å². The summed E-state index contributed by atoms with van der Waals surface area (Å²) in [5.74, 6) is 0.838. The first-order valence-electron chi connectivity index (χ1n) is 8.37. The number of hydrogen-bond donors (Lipinski definition) is 1. The Kier molecular flexibility index (Phi) is 5.38. The second-order valence-corrected chi connectivity index (χ2v) is 7.27. The Labute approximate surface area is 151 Å². The highest BCUT2D eigenvalue weighted by Crippen LogP contribution is 2.23. The lowest BCUT2D eigenvalue weighted by Gasteiger charge is -2.33. The van der Waals surface area contributed by atoms with Crippen LogP contribution < -0.4 is 10.1 Å². The molecule has 1 aromatic carbocycles. The molecule has 132 valence electrons. The summed E-state index contributed by atoms with van der Waals surface area (Å²) >= 11 is 1.28. The Morgan fingerprint density at radius 3 is 2.52 bits per heavy atom. The van der Waals surface area contributed by atoms with Crippen molar-refractivity contribution in [3.8, 4) is 5.75 Å². The summed E-state index contributed by atoms with van der Waals surface area (Å²) in [4.78, 5) is 27.3. The quantitative estimate of drug-likeness (QED) is 0.829. The number of anilines is 1. The first kappa shape index (κ1) is 17.5. The molecule has 0 unspecified atom stereocenters. The Bertz CT molecular complexity index is 754. The maximum absolute atomic E-state index is 12.7. The SMILES string of the molecule is COc1ccc(N[C@@H]2CCCN(C(=O)c3ccc(C(C)=O)s3)C2)cc1. The summed E-state index contributed by atoms with van der Waals surface area (Å²) in [5, 5.41) is 3.49. The van der Waals surface area contributed by atoms with Crippen molar-refractivity contribution in [1.29, 1.82) is 0 Å². The molecule has 0 aliphatic carbocycles. The maximum Gasteiger partial charge on any atom is 0.264 e. The molecule has 0 saturated carbocycles. The number of ether oxygens (including phenoxy) is 1. The second kappa shape index (κ2) is 7.70. The van der Waals surface area contributed by atoms with Crippen molar-refractivity contribution < 1.29 is 14.3 Å². The van der Waals surface area contributed by atoms with Crippen molar-refractivity contribution in [1.82, 2.24) is 4.90 Å². The normalized spacial score (nSPS) is 17.2. The Morgan fingerprint density at radius 1 is 1.16 bits per heavy atom. The average Bonchev–Trinajstić information content (AvgIpc) is 3.12. The van der Waals surface area contributed by atoms with E-state index in [1.807, 2.05) is 29.2 Å². The molecule has 1 amide bonds. The fourth-order valence-corrected chi connectivity index (χ4v) is 3.87. The zero-order valence-corrected chi connectivity index (χ0v) is 15.3. The molecule has 25 heavy (non-hydrogen) atoms. The number of carbonyl (C=O) groups excluding carboxylic acids is 2. The van der Waals surface area contributed by atoms with Gasteiger partial charge in [-0.25, -0.2) is 0 Å². The Balaban J connectivity index is 1.63. The number of benzene rings is 1. The number of piperidine rings is 1. The van der Waals surface area contributed by atoms with E-state index in [9.17, 15) is 9.59 Å². The first-order valence-corrected chi connectivity index (χ1v) is 9.19. The summed E-state index contributed by atoms with van der Waals surface area (Å²) in [6, 6.07) is 11.5. The Hall–Kier alpha value is -2.34. The highest BCUT2D eigenvalue weighted by Gasteiger charge is 2.25. The second-order valence-electron chi connectivity index (χ2n) is 6.18. The average molecular weight is 358 g/mol. The molecular formula is C19H22N2O3S. The van der Waals surface area contributed by atoms with Crippen LogP contribution in [0.3, 0.4) is 0 Å². The van der Waals surface area contributed by atoms with Gasteiger partial charge in [0.1, 0.15) is 5.75 Å². The summed E-state index contributed by atoms with van der Waals surface area (Å²) in [5.41, 5.74) is 1.02. The molecule has 1 aromatic heterocycles. The van der Waals surface area contributed by atoms with Gasteiger partial charge in [-0.15, -0.1) is 11.3 Å². The number of Topliss-reactive ketones (excluding diaryl/α,β-unsaturated/α-hetero) is 1. The van der Waals surface area contributed by atoms with Crippen LogP contribution in [0.4, 0.5) is 5.69 Å². The van der Waals surface area contributed by atoms with E-state index in [-0.39, 0.29) is 17.7 Å². The Morgan fingerprint density at radius 2 is 1.88 bits per heavy atom. The van der Waals surface area contributed by atoms with Crippen LogP contribution in [0.1, 0.15) is 39.1 Å². The predicted octanol–water partition coefficient (Wildman–Crippen LogP) is 3.68. The summed E-state index contributed by atoms with van der Waals surface area (Å²) in [6.45, 7) is 2.95. The van der Waals surface area contributed by atoms with Gasteiger partial charge in [-0.1, -0.05) is 0 Å². The third-order valence-corrected chi connectivity index (χ3v) is 5.51. The summed E-state index contributed by atoms with van der Waals surface area (Å²) in [7, 11) is 1.65. The minimum Gasteiger partial charge on any atom is -0.497 e. The van der Waals surface area contributed by atoms with Gasteiger partial charge in [-0.3, -0.25) is 9.59 Å². The summed E-state index contributed by atoms with van der Waals surface area (Å²) in [6.07, 6.45) is 1.99. The van der Waals surface area contributed by atoms with Crippen LogP contribution in [0.2, 0.25) is 0 Å². The molecule has 6 heteroatoms. The number of methoxy groups -OCH3 is 1. The van der Waals surface area contributed by atoms with Gasteiger partial charge in [-0.2, -0.15) is 0 Å². The molecule has 0 radical (unpaired) electrons. The number of amides is 1. The molecule has 2 heterocycles. The van der Waals surface area contributed by atoms with Crippen LogP contribution in [-0.2, 0) is 0 Å². The standard InChI is InChI=1S/C19H22N2O3S/c1-13(22)17-9-10-18(25-17)19(23)21-11-3-4-15(12-21)20-14-5-7-16(24-2)8-6-14/h5-10,15,20H,3-4,11-12H2,1-2H3/t15-/m1/s1. The van der Waals surface area contributed by atoms with E-state index in [0.717, 1.165) is 30.8 Å². The number of nitrogens with one attached hydrogen (secondary N) is 1. The van der Waals surface area contributed by atoms with E-state index in [1.54, 1.807) is 19.2 Å². The fourth-order valence-electron chi connectivity index (χ4n) is 3.00. The molecule has 1 aliphatic rings. The maximum atomic E-state index is 12.7. The summed E-state index contributed by atoms with van der Waals surface area (Å²) < 4.78 is 5.17. The number of thiophene rings is 1. The predicted molar refractivity (Wildman–Crippen MR) is 99.9 cm³/mol. The monoisotopic (exact) mass is 358 g/mol. The molecule has 2 aromatic rings. The van der Waals surface area contributed by atoms with E-state index in [0.29, 0.717) is 16.3 Å². The third kappa shape index (κ3) is 4.20. The lowest BCUT2D eigenvalue weighted by atomic mass is 10.0. The molecule has 3 rings (SSSR count). The topological polar surface area (TPSA) is 58.6 Å². The van der Waals surface area contributed by atoms with Crippen molar-refractivity contribution in [2.45, 2.75) is 25.8 Å². The molecule has 1 fully saturated rings. The molecule has 5 nitrogen and oxygen atoms in total. The van der Waals surface area contributed by atoms with Crippen LogP contribution >= 0.6 is 11.3 Å². The van der Waals surface area contributed by atoms with E-state index in [2.05, 4.69) is 5.32 Å². The van der Waals surface area contributed by atoms with Crippen LogP contribution in [-0.4, -0.2) is 42.8 Å². The fraction of sp³-hybridized carbons (Fsp3) is 0.368. The van der Waals surface area contributed by atoms with Crippen molar-refractivity contribution >= 4 is 28.7 Å². The molecule has 1 N–H and O–H groups in total. The van der Waals surface area contributed by atoms with Gasteiger partial charge in [0.15, 0.2) is 5.78 Å². The van der Waals surface area contributed by atoms with Gasteiger partial charge < -0.3 is 15.0 Å². The molecule has 0 bridgehead atoms. The van der Waals surface area contributed by atoms with Crippen molar-refractivity contribution in [3.63, 3.8) is 0 Å². The van der Waals surface area contributed by atoms with Crippen molar-refractivity contribution in [3.05, 3.63) is 46.2 Å². The van der Waals surface area contributed by atoms with Crippen molar-refractivity contribution in [2.24, 2.45) is 0 Å². The van der Waals surface area contributed by atoms with E-state index in [1.165, 1.54) is 18.3 Å². The number of rotatable bonds is 5. The van der Waals surface area contributed by atoms with Gasteiger partial charge in [0.2, 0.25) is 0 Å². The molecular weight excluding hydrogens is 336 g/mol. The highest BCUT2D eigenvalue weighted by atomic mass is 32.1. The minimum atomic E-state index is 0.00161. The lowest BCUT2D eigenvalue weighted by Crippen LogP contribution is -2.44. The molecule has 1 atom stereocenters. The van der Waals surface area contributed by atoms with Crippen LogP contribution in [0, 0.1) is 0 Å². The van der Waals surface area contributed by atoms with E-state index >= 15 is 0 Å². The lowest BCUT2D eigenvalue weighted by molar-refractivity contribution is 0.0719.